The van der Waals surface area contributed by atoms with Crippen molar-refractivity contribution in [3.05, 3.63) is 45.2 Å². The molecule has 3 aliphatic carbocycles. The minimum Gasteiger partial charge on any atom is -0.508 e. The number of phenols is 1. The summed E-state index contributed by atoms with van der Waals surface area (Å²) in [7, 11) is 0. The molecule has 0 aromatic heterocycles. The quantitative estimate of drug-likeness (QED) is 0.323. The average molecular weight is 593 g/mol. The Morgan fingerprint density at radius 3 is 2.40 bits per heavy atom. The molecule has 42 heavy (non-hydrogen) atoms. The van der Waals surface area contributed by atoms with E-state index in [2.05, 4.69) is 5.32 Å². The summed E-state index contributed by atoms with van der Waals surface area (Å²) in [6.07, 6.45) is -4.45. The van der Waals surface area contributed by atoms with Crippen molar-refractivity contribution < 1.29 is 48.0 Å². The summed E-state index contributed by atoms with van der Waals surface area (Å²) >= 11 is 0. The molecule has 4 aliphatic rings. The normalized spacial score (nSPS) is 29.8. The van der Waals surface area contributed by atoms with Gasteiger partial charge < -0.3 is 25.7 Å². The molecule has 1 saturated carbocycles. The monoisotopic (exact) mass is 592 g/mol. The lowest BCUT2D eigenvalue weighted by atomic mass is 9.57. The summed E-state index contributed by atoms with van der Waals surface area (Å²) < 4.78 is 44.0. The molecule has 2 fully saturated rings. The zero-order valence-corrected chi connectivity index (χ0v) is 23.8. The second-order valence-corrected chi connectivity index (χ2v) is 12.0. The van der Waals surface area contributed by atoms with E-state index in [0.717, 1.165) is 13.0 Å². The largest absolute Gasteiger partial charge is 0.508 e. The highest BCUT2D eigenvalue weighted by Crippen LogP contribution is 2.55. The number of Topliss-reactive ketones (excluding diaryl/α,β-unsaturated/α-hetero) is 3. The maximum atomic E-state index is 14.7. The molecule has 0 spiro atoms. The number of likely N-dealkylation sites (N-methyl/N-ethyl adjacent to an activating group) is 1. The van der Waals surface area contributed by atoms with Gasteiger partial charge in [0.15, 0.2) is 17.2 Å². The van der Waals surface area contributed by atoms with Crippen molar-refractivity contribution >= 4 is 23.1 Å². The Kier molecular flexibility index (Phi) is 7.35. The number of aliphatic hydroxyl groups excluding tert-OH is 2. The number of hydrogen-bond donors (Lipinski definition) is 5. The fraction of sp³-hybridized carbons (Fsp3) is 0.567. The number of carbonyl (C=O) groups is 3. The van der Waals surface area contributed by atoms with Gasteiger partial charge in [0.25, 0.3) is 0 Å². The Labute approximate surface area is 240 Å². The number of halogens is 3. The number of benzene rings is 1. The van der Waals surface area contributed by atoms with Crippen molar-refractivity contribution in [3.63, 3.8) is 0 Å². The van der Waals surface area contributed by atoms with E-state index in [0.29, 0.717) is 19.4 Å². The number of phenolic OH excluding ortho intramolecular Hbond substituents is 1. The topological polar surface area (TPSA) is 147 Å². The van der Waals surface area contributed by atoms with Gasteiger partial charge in [0.05, 0.1) is 17.2 Å². The number of nitrogens with zero attached hydrogens (tertiary/aromatic N) is 1. The molecule has 5 rings (SSSR count). The van der Waals surface area contributed by atoms with Crippen LogP contribution in [0.25, 0.3) is 5.76 Å². The van der Waals surface area contributed by atoms with Crippen LogP contribution in [0.1, 0.15) is 75.3 Å². The summed E-state index contributed by atoms with van der Waals surface area (Å²) in [4.78, 5) is 42.0. The van der Waals surface area contributed by atoms with Gasteiger partial charge in [0, 0.05) is 23.6 Å². The fourth-order valence-electron chi connectivity index (χ4n) is 7.68. The number of aliphatic hydroxyl groups is 3. The van der Waals surface area contributed by atoms with Gasteiger partial charge in [-0.1, -0.05) is 6.92 Å². The van der Waals surface area contributed by atoms with Gasteiger partial charge in [-0.3, -0.25) is 19.3 Å². The molecular formula is C30H35F3N2O7. The van der Waals surface area contributed by atoms with Gasteiger partial charge >= 0.3 is 6.18 Å². The van der Waals surface area contributed by atoms with Crippen LogP contribution in [-0.4, -0.2) is 73.4 Å². The van der Waals surface area contributed by atoms with Gasteiger partial charge in [0.2, 0.25) is 5.78 Å². The molecule has 1 unspecified atom stereocenters. The minimum atomic E-state index is -4.86. The smallest absolute Gasteiger partial charge is 0.417 e. The highest BCUT2D eigenvalue weighted by atomic mass is 19.4. The minimum absolute atomic E-state index is 0.152. The fourth-order valence-corrected chi connectivity index (χ4v) is 7.68. The van der Waals surface area contributed by atoms with Crippen molar-refractivity contribution in [2.45, 2.75) is 83.3 Å². The number of carbonyl (C=O) groups excluding carboxylic acids is 3. The molecule has 0 bridgehead atoms. The van der Waals surface area contributed by atoms with Crippen LogP contribution >= 0.6 is 0 Å². The maximum Gasteiger partial charge on any atom is 0.417 e. The first-order valence-corrected chi connectivity index (χ1v) is 14.2. The third-order valence-electron chi connectivity index (χ3n) is 9.41. The van der Waals surface area contributed by atoms with Gasteiger partial charge in [-0.2, -0.15) is 13.2 Å². The van der Waals surface area contributed by atoms with E-state index < -0.39 is 99.0 Å². The van der Waals surface area contributed by atoms with Crippen molar-refractivity contribution in [3.8, 4) is 5.75 Å². The molecule has 228 valence electrons. The van der Waals surface area contributed by atoms with Gasteiger partial charge in [-0.15, -0.1) is 0 Å². The number of rotatable bonds is 5. The van der Waals surface area contributed by atoms with Crippen molar-refractivity contribution in [1.29, 1.82) is 0 Å². The van der Waals surface area contributed by atoms with E-state index in [4.69, 9.17) is 0 Å². The van der Waals surface area contributed by atoms with E-state index in [-0.39, 0.29) is 30.1 Å². The number of fused-ring (bicyclic) bond motifs is 3. The third kappa shape index (κ3) is 4.21. The predicted octanol–water partition coefficient (Wildman–Crippen LogP) is 3.68. The van der Waals surface area contributed by atoms with E-state index in [1.54, 1.807) is 25.7 Å². The van der Waals surface area contributed by atoms with Crippen molar-refractivity contribution in [2.24, 2.45) is 11.8 Å². The van der Waals surface area contributed by atoms with Crippen molar-refractivity contribution in [1.82, 2.24) is 10.2 Å². The number of aromatic hydroxyl groups is 1. The van der Waals surface area contributed by atoms with Crippen LogP contribution in [0.5, 0.6) is 5.75 Å². The third-order valence-corrected chi connectivity index (χ3v) is 9.41. The molecule has 12 heteroatoms. The summed E-state index contributed by atoms with van der Waals surface area (Å²) in [6, 6.07) is -1.26. The molecule has 0 amide bonds. The summed E-state index contributed by atoms with van der Waals surface area (Å²) in [5, 5.41) is 48.3. The number of alkyl halides is 3. The molecule has 5 atom stereocenters. The molecule has 0 radical (unpaired) electrons. The standard InChI is InChI=1S/C30H35F3N2O7/c1-5-35(12(2)3)24-17-10-14-9-16-22(19(37)11-15(18-7-6-8-34-18)23(16)30(31,32)33)25(38)21(14)28(41)29(17,42)27(40)20(13(4)36)26(24)39/h11-12,14,17-18,24,34,37-38,40,42H,5-10H2,1-4H3/t14-,17-,18?,24-,29+/m0/s1. The average Bonchev–Trinajstić information content (AvgIpc) is 3.42. The molecule has 1 aliphatic heterocycles. The van der Waals surface area contributed by atoms with Gasteiger partial charge in [-0.25, -0.2) is 0 Å². The Hall–Kier alpha value is -3.22. The molecule has 5 N–H and O–H groups in total. The second-order valence-electron chi connectivity index (χ2n) is 12.0. The first-order valence-electron chi connectivity index (χ1n) is 14.2. The van der Waals surface area contributed by atoms with E-state index in [1.165, 1.54) is 0 Å². The molecular weight excluding hydrogens is 557 g/mol. The van der Waals surface area contributed by atoms with E-state index in [1.807, 2.05) is 0 Å². The van der Waals surface area contributed by atoms with Crippen molar-refractivity contribution in [2.75, 3.05) is 13.1 Å². The summed E-state index contributed by atoms with van der Waals surface area (Å²) in [5.41, 5.74) is -6.04. The zero-order valence-electron chi connectivity index (χ0n) is 23.8. The molecule has 1 aromatic rings. The number of hydrogen-bond acceptors (Lipinski definition) is 9. The van der Waals surface area contributed by atoms with Crippen LogP contribution in [0.3, 0.4) is 0 Å². The van der Waals surface area contributed by atoms with Crippen LogP contribution in [0.4, 0.5) is 13.2 Å². The highest BCUT2D eigenvalue weighted by molar-refractivity contribution is 6.25. The Balaban J connectivity index is 1.76. The molecule has 9 nitrogen and oxygen atoms in total. The van der Waals surface area contributed by atoms with Crippen LogP contribution < -0.4 is 5.32 Å². The van der Waals surface area contributed by atoms with E-state index >= 15 is 0 Å². The lowest BCUT2D eigenvalue weighted by Crippen LogP contribution is -2.67. The summed E-state index contributed by atoms with van der Waals surface area (Å²) in [5.74, 6) is -7.96. The van der Waals surface area contributed by atoms with Gasteiger partial charge in [0.1, 0.15) is 22.8 Å². The second kappa shape index (κ2) is 10.2. The van der Waals surface area contributed by atoms with Crippen LogP contribution in [0.2, 0.25) is 0 Å². The van der Waals surface area contributed by atoms with Crippen LogP contribution in [-0.2, 0) is 27.0 Å². The van der Waals surface area contributed by atoms with Gasteiger partial charge in [-0.05, 0) is 82.7 Å². The lowest BCUT2D eigenvalue weighted by molar-refractivity contribution is -0.156. The van der Waals surface area contributed by atoms with E-state index in [9.17, 15) is 48.0 Å². The number of ketones is 3. The predicted molar refractivity (Wildman–Crippen MR) is 145 cm³/mol. The van der Waals surface area contributed by atoms with Crippen LogP contribution in [0.15, 0.2) is 23.0 Å². The highest BCUT2D eigenvalue weighted by Gasteiger charge is 2.64. The first kappa shape index (κ1) is 30.2. The zero-order chi connectivity index (χ0) is 31.0. The Morgan fingerprint density at radius 2 is 1.88 bits per heavy atom. The molecule has 1 saturated heterocycles. The Morgan fingerprint density at radius 1 is 1.21 bits per heavy atom. The lowest BCUT2D eigenvalue weighted by Gasteiger charge is -2.52. The Bertz CT molecular complexity index is 1440. The SMILES string of the molecule is CCN(C(C)C)[C@@H]1C(=O)C(C(C)=O)=C(O)[C@@]2(O)C(=O)C3=C(O)c4c(O)cc(C5CCCN5)c(C(F)(F)F)c4C[C@H]3C[C@@H]12. The summed E-state index contributed by atoms with van der Waals surface area (Å²) in [6.45, 7) is 7.09. The molecule has 1 aromatic carbocycles. The maximum absolute atomic E-state index is 14.7. The van der Waals surface area contributed by atoms with Crippen LogP contribution in [0, 0.1) is 11.8 Å². The number of nitrogens with one attached hydrogen (secondary N) is 1. The first-order chi connectivity index (χ1) is 19.6. The molecule has 1 heterocycles.